The molecule has 6 heteroatoms. The summed E-state index contributed by atoms with van der Waals surface area (Å²) < 4.78 is 0. The van der Waals surface area contributed by atoms with Crippen molar-refractivity contribution in [2.45, 2.75) is 4.90 Å². The summed E-state index contributed by atoms with van der Waals surface area (Å²) in [6, 6.07) is 4.68. The van der Waals surface area contributed by atoms with E-state index in [-0.39, 0.29) is 24.6 Å². The van der Waals surface area contributed by atoms with E-state index in [1.54, 1.807) is 6.07 Å². The molecule has 1 aromatic carbocycles. The topological polar surface area (TPSA) is 77.8 Å². The first kappa shape index (κ1) is 11.9. The lowest BCUT2D eigenvalue weighted by Crippen LogP contribution is -2.37. The Labute approximate surface area is 102 Å². The van der Waals surface area contributed by atoms with E-state index in [4.69, 9.17) is 10.2 Å². The van der Waals surface area contributed by atoms with Gasteiger partial charge < -0.3 is 15.1 Å². The van der Waals surface area contributed by atoms with Crippen LogP contribution in [0.25, 0.3) is 0 Å². The van der Waals surface area contributed by atoms with Crippen molar-refractivity contribution in [3.63, 3.8) is 0 Å². The summed E-state index contributed by atoms with van der Waals surface area (Å²) >= 11 is 1.38. The molecular weight excluding hydrogens is 242 g/mol. The Morgan fingerprint density at radius 3 is 2.88 bits per heavy atom. The minimum Gasteiger partial charge on any atom is -0.478 e. The van der Waals surface area contributed by atoms with Crippen molar-refractivity contribution >= 4 is 29.3 Å². The summed E-state index contributed by atoms with van der Waals surface area (Å²) in [6.07, 6.45) is 0. The molecular formula is C11H11NO4S. The molecule has 5 nitrogen and oxygen atoms in total. The predicted molar refractivity (Wildman–Crippen MR) is 63.6 cm³/mol. The number of β-amino-alcohol motifs (C(OH)–C–C–N with tert-alkyl or cyclic N) is 1. The lowest BCUT2D eigenvalue weighted by molar-refractivity contribution is -0.116. The van der Waals surface area contributed by atoms with Crippen LogP contribution in [-0.4, -0.2) is 41.0 Å². The fourth-order valence-corrected chi connectivity index (χ4v) is 2.60. The monoisotopic (exact) mass is 253 g/mol. The van der Waals surface area contributed by atoms with Crippen molar-refractivity contribution in [1.29, 1.82) is 0 Å². The van der Waals surface area contributed by atoms with Crippen molar-refractivity contribution < 1.29 is 19.8 Å². The zero-order valence-corrected chi connectivity index (χ0v) is 9.74. The molecule has 0 bridgehead atoms. The van der Waals surface area contributed by atoms with Gasteiger partial charge in [-0.1, -0.05) is 0 Å². The number of aliphatic hydroxyl groups excluding tert-OH is 1. The third kappa shape index (κ3) is 2.27. The van der Waals surface area contributed by atoms with Gasteiger partial charge in [-0.05, 0) is 18.2 Å². The second-order valence-electron chi connectivity index (χ2n) is 3.55. The molecule has 1 aliphatic heterocycles. The van der Waals surface area contributed by atoms with Gasteiger partial charge in [-0.3, -0.25) is 4.79 Å². The Hall–Kier alpha value is -1.53. The molecule has 90 valence electrons. The summed E-state index contributed by atoms with van der Waals surface area (Å²) in [5, 5.41) is 17.8. The number of benzene rings is 1. The fourth-order valence-electron chi connectivity index (χ4n) is 1.68. The molecule has 0 radical (unpaired) electrons. The highest BCUT2D eigenvalue weighted by molar-refractivity contribution is 8.00. The third-order valence-corrected chi connectivity index (χ3v) is 3.52. The van der Waals surface area contributed by atoms with Gasteiger partial charge in [0.1, 0.15) is 0 Å². The maximum Gasteiger partial charge on any atom is 0.335 e. The van der Waals surface area contributed by atoms with Crippen molar-refractivity contribution in [3.8, 4) is 0 Å². The predicted octanol–water partition coefficient (Wildman–Crippen LogP) is 0.816. The molecule has 1 aromatic rings. The van der Waals surface area contributed by atoms with Crippen molar-refractivity contribution in [2.75, 3.05) is 23.8 Å². The number of thioether (sulfide) groups is 1. The van der Waals surface area contributed by atoms with Crippen LogP contribution in [0.2, 0.25) is 0 Å². The van der Waals surface area contributed by atoms with Crippen molar-refractivity contribution in [3.05, 3.63) is 23.8 Å². The molecule has 1 amide bonds. The van der Waals surface area contributed by atoms with Gasteiger partial charge >= 0.3 is 5.97 Å². The zero-order chi connectivity index (χ0) is 12.4. The molecule has 2 N–H and O–H groups in total. The van der Waals surface area contributed by atoms with E-state index in [2.05, 4.69) is 0 Å². The summed E-state index contributed by atoms with van der Waals surface area (Å²) in [4.78, 5) is 24.8. The summed E-state index contributed by atoms with van der Waals surface area (Å²) in [5.74, 6) is -0.821. The molecule has 1 heterocycles. The van der Waals surface area contributed by atoms with Crippen molar-refractivity contribution in [2.24, 2.45) is 0 Å². The second kappa shape index (κ2) is 4.77. The summed E-state index contributed by atoms with van der Waals surface area (Å²) in [6.45, 7) is 0.0443. The summed E-state index contributed by atoms with van der Waals surface area (Å²) in [5.41, 5.74) is 0.710. The zero-order valence-electron chi connectivity index (χ0n) is 8.92. The lowest BCUT2D eigenvalue weighted by atomic mass is 10.2. The number of rotatable bonds is 3. The first-order valence-electron chi connectivity index (χ1n) is 5.05. The second-order valence-corrected chi connectivity index (χ2v) is 4.56. The van der Waals surface area contributed by atoms with Gasteiger partial charge in [-0.2, -0.15) is 0 Å². The third-order valence-electron chi connectivity index (χ3n) is 2.47. The number of amides is 1. The molecule has 0 atom stereocenters. The van der Waals surface area contributed by atoms with E-state index in [0.29, 0.717) is 11.4 Å². The molecule has 17 heavy (non-hydrogen) atoms. The number of aromatic carboxylic acids is 1. The molecule has 2 rings (SSSR count). The Morgan fingerprint density at radius 1 is 1.47 bits per heavy atom. The lowest BCUT2D eigenvalue weighted by Gasteiger charge is -2.28. The SMILES string of the molecule is O=C(O)c1ccc2c(c1)N(CCO)C(=O)CS2. The molecule has 0 spiro atoms. The van der Waals surface area contributed by atoms with E-state index in [1.165, 1.54) is 28.8 Å². The van der Waals surface area contributed by atoms with Crippen LogP contribution in [0.5, 0.6) is 0 Å². The van der Waals surface area contributed by atoms with Crippen molar-refractivity contribution in [1.82, 2.24) is 0 Å². The molecule has 0 fully saturated rings. The van der Waals surface area contributed by atoms with Gasteiger partial charge in [0, 0.05) is 11.4 Å². The number of carbonyl (C=O) groups excluding carboxylic acids is 1. The molecule has 1 aliphatic rings. The first-order valence-corrected chi connectivity index (χ1v) is 6.03. The fraction of sp³-hybridized carbons (Fsp3) is 0.273. The highest BCUT2D eigenvalue weighted by Crippen LogP contribution is 2.35. The Morgan fingerprint density at radius 2 is 2.24 bits per heavy atom. The van der Waals surface area contributed by atoms with Crippen LogP contribution < -0.4 is 4.90 Å². The minimum absolute atomic E-state index is 0.112. The molecule has 0 saturated heterocycles. The van der Waals surface area contributed by atoms with Gasteiger partial charge in [-0.25, -0.2) is 4.79 Å². The molecule has 0 aliphatic carbocycles. The van der Waals surface area contributed by atoms with Crippen LogP contribution in [0.1, 0.15) is 10.4 Å². The average molecular weight is 253 g/mol. The largest absolute Gasteiger partial charge is 0.478 e. The van der Waals surface area contributed by atoms with Gasteiger partial charge in [0.15, 0.2) is 0 Å². The first-order chi connectivity index (χ1) is 8.13. The van der Waals surface area contributed by atoms with E-state index in [1.807, 2.05) is 0 Å². The molecule has 0 aromatic heterocycles. The highest BCUT2D eigenvalue weighted by atomic mass is 32.2. The van der Waals surface area contributed by atoms with E-state index in [9.17, 15) is 9.59 Å². The van der Waals surface area contributed by atoms with Gasteiger partial charge in [0.05, 0.1) is 23.6 Å². The number of fused-ring (bicyclic) bond motifs is 1. The number of nitrogens with zero attached hydrogens (tertiary/aromatic N) is 1. The number of carboxylic acid groups (broad SMARTS) is 1. The van der Waals surface area contributed by atoms with Crippen LogP contribution in [0, 0.1) is 0 Å². The number of carboxylic acids is 1. The number of carbonyl (C=O) groups is 2. The molecule has 0 saturated carbocycles. The van der Waals surface area contributed by atoms with Gasteiger partial charge in [0.25, 0.3) is 0 Å². The Bertz CT molecular complexity index is 475. The van der Waals surface area contributed by atoms with Crippen LogP contribution in [-0.2, 0) is 4.79 Å². The summed E-state index contributed by atoms with van der Waals surface area (Å²) in [7, 11) is 0. The Balaban J connectivity index is 2.44. The van der Waals surface area contributed by atoms with Crippen LogP contribution >= 0.6 is 11.8 Å². The van der Waals surface area contributed by atoms with Crippen LogP contribution in [0.4, 0.5) is 5.69 Å². The van der Waals surface area contributed by atoms with E-state index in [0.717, 1.165) is 4.90 Å². The number of hydrogen-bond donors (Lipinski definition) is 2. The smallest absolute Gasteiger partial charge is 0.335 e. The maximum absolute atomic E-state index is 11.7. The molecule has 0 unspecified atom stereocenters. The number of hydrogen-bond acceptors (Lipinski definition) is 4. The van der Waals surface area contributed by atoms with Crippen LogP contribution in [0.15, 0.2) is 23.1 Å². The standard InChI is InChI=1S/C11H11NO4S/c13-4-3-12-8-5-7(11(15)16)1-2-9(8)17-6-10(12)14/h1-2,5,13H,3-4,6H2,(H,15,16). The average Bonchev–Trinajstić information content (AvgIpc) is 2.32. The Kier molecular flexibility index (Phi) is 3.35. The maximum atomic E-state index is 11.7. The van der Waals surface area contributed by atoms with Gasteiger partial charge in [0.2, 0.25) is 5.91 Å². The van der Waals surface area contributed by atoms with Crippen LogP contribution in [0.3, 0.4) is 0 Å². The highest BCUT2D eigenvalue weighted by Gasteiger charge is 2.25. The normalized spacial score (nSPS) is 14.6. The number of anilines is 1. The van der Waals surface area contributed by atoms with Gasteiger partial charge in [-0.15, -0.1) is 11.8 Å². The quantitative estimate of drug-likeness (QED) is 0.833. The van der Waals surface area contributed by atoms with E-state index >= 15 is 0 Å². The number of aliphatic hydroxyl groups is 1. The minimum atomic E-state index is -1.03. The van der Waals surface area contributed by atoms with E-state index < -0.39 is 5.97 Å².